The Kier molecular flexibility index (Phi) is 23.9. The van der Waals surface area contributed by atoms with Gasteiger partial charge in [-0.15, -0.1) is 11.3 Å². The standard InChI is InChI=1S/C63H79N11O10S/c1-44-58(85-43-68-44)49-13-10-46(11-14-49)36-66-60(77)55-34-54(75)41-73(55)61(78)59(63(2,3)4)71-57(76)42-84-33-32-83-31-30-82-29-28-81-27-26-80-25-24-72-40-50(39-69-72)48-15-19-52(20-16-48)74(62(79)67-37-45-8-6-5-7-9-45)53-21-17-51(18-22-53)70-56-23-12-47(35-64)38-65-56/h5-16,19-20,23,38-40,43,51,53-55,59,75H,17-18,21-22,24-34,36-37,41-42H2,1-4H3,(H,65,70)(H,66,77)(H,67,79)(H,71,76)/t51-,53-,54-,55+,59-/m1/s1. The normalized spacial score (nSPS) is 17.2. The summed E-state index contributed by atoms with van der Waals surface area (Å²) < 4.78 is 30.1. The van der Waals surface area contributed by atoms with Gasteiger partial charge < -0.3 is 55.0 Å². The van der Waals surface area contributed by atoms with Crippen LogP contribution in [0.4, 0.5) is 16.3 Å². The molecule has 3 atom stereocenters. The monoisotopic (exact) mass is 1180 g/mol. The van der Waals surface area contributed by atoms with Gasteiger partial charge in [-0.05, 0) is 84.5 Å². The summed E-state index contributed by atoms with van der Waals surface area (Å²) in [6, 6.07) is 29.7. The van der Waals surface area contributed by atoms with Crippen LogP contribution in [0, 0.1) is 23.7 Å². The second kappa shape index (κ2) is 32.0. The molecule has 0 bridgehead atoms. The number of thiazole rings is 1. The molecule has 1 saturated heterocycles. The van der Waals surface area contributed by atoms with E-state index in [0.717, 1.165) is 75.6 Å². The number of pyridine rings is 1. The van der Waals surface area contributed by atoms with Crippen LogP contribution < -0.4 is 26.2 Å². The first-order valence-electron chi connectivity index (χ1n) is 29.0. The Labute approximate surface area is 501 Å². The number of carbonyl (C=O) groups is 4. The number of hydrogen-bond donors (Lipinski definition) is 5. The van der Waals surface area contributed by atoms with E-state index < -0.39 is 35.4 Å². The number of nitrogens with one attached hydrogen (secondary N) is 4. The van der Waals surface area contributed by atoms with E-state index in [2.05, 4.69) is 42.4 Å². The van der Waals surface area contributed by atoms with Crippen LogP contribution in [0.1, 0.15) is 75.3 Å². The number of urea groups is 1. The number of amides is 5. The number of nitriles is 1. The van der Waals surface area contributed by atoms with Gasteiger partial charge in [0.05, 0.1) is 100.0 Å². The number of aliphatic hydroxyl groups is 1. The first-order chi connectivity index (χ1) is 41.2. The number of nitrogens with zero attached hydrogens (tertiary/aromatic N) is 7. The van der Waals surface area contributed by atoms with Crippen LogP contribution in [0.5, 0.6) is 0 Å². The molecule has 1 saturated carbocycles. The summed E-state index contributed by atoms with van der Waals surface area (Å²) in [6.07, 6.45) is 7.96. The molecule has 0 radical (unpaired) electrons. The zero-order valence-electron chi connectivity index (χ0n) is 49.0. The summed E-state index contributed by atoms with van der Waals surface area (Å²) in [7, 11) is 0. The Bertz CT molecular complexity index is 3090. The number of ether oxygens (including phenoxy) is 5. The van der Waals surface area contributed by atoms with Gasteiger partial charge in [0.15, 0.2) is 0 Å². The summed E-state index contributed by atoms with van der Waals surface area (Å²) in [5.41, 5.74) is 8.31. The van der Waals surface area contributed by atoms with Crippen molar-refractivity contribution in [2.45, 2.75) is 110 Å². The van der Waals surface area contributed by atoms with Gasteiger partial charge in [-0.2, -0.15) is 10.4 Å². The maximum Gasteiger partial charge on any atom is 0.322 e. The lowest BCUT2D eigenvalue weighted by molar-refractivity contribution is -0.144. The quantitative estimate of drug-likeness (QED) is 0.0278. The molecule has 5 N–H and O–H groups in total. The first kappa shape index (κ1) is 63.4. The van der Waals surface area contributed by atoms with Gasteiger partial charge in [0.25, 0.3) is 0 Å². The maximum atomic E-state index is 14.0. The van der Waals surface area contributed by atoms with E-state index in [9.17, 15) is 24.3 Å². The number of aryl methyl sites for hydroxylation is 1. The van der Waals surface area contributed by atoms with Crippen molar-refractivity contribution in [2.75, 3.05) is 82.8 Å². The molecule has 21 nitrogen and oxygen atoms in total. The molecule has 5 amide bonds. The average Bonchev–Trinajstić information content (AvgIpc) is 3.99. The van der Waals surface area contributed by atoms with Crippen molar-refractivity contribution in [3.05, 3.63) is 137 Å². The van der Waals surface area contributed by atoms with E-state index in [4.69, 9.17) is 28.9 Å². The van der Waals surface area contributed by atoms with Crippen LogP contribution in [0.15, 0.2) is 115 Å². The number of rotatable bonds is 30. The van der Waals surface area contributed by atoms with Crippen LogP contribution in [-0.2, 0) is 57.7 Å². The average molecular weight is 1180 g/mol. The first-order valence-corrected chi connectivity index (χ1v) is 29.9. The molecule has 0 spiro atoms. The Morgan fingerprint density at radius 1 is 0.753 bits per heavy atom. The predicted octanol–water partition coefficient (Wildman–Crippen LogP) is 7.28. The lowest BCUT2D eigenvalue weighted by Gasteiger charge is -2.37. The Morgan fingerprint density at radius 3 is 2.01 bits per heavy atom. The van der Waals surface area contributed by atoms with E-state index in [1.54, 1.807) is 23.6 Å². The molecular formula is C63H79N11O10S. The molecule has 1 aliphatic heterocycles. The van der Waals surface area contributed by atoms with E-state index >= 15 is 0 Å². The van der Waals surface area contributed by atoms with Gasteiger partial charge in [0.1, 0.15) is 30.6 Å². The highest BCUT2D eigenvalue weighted by Crippen LogP contribution is 2.32. The fourth-order valence-corrected chi connectivity index (χ4v) is 11.0. The number of benzene rings is 3. The van der Waals surface area contributed by atoms with Gasteiger partial charge in [-0.3, -0.25) is 24.0 Å². The van der Waals surface area contributed by atoms with Crippen molar-refractivity contribution in [2.24, 2.45) is 5.41 Å². The highest BCUT2D eigenvalue weighted by atomic mass is 32.1. The van der Waals surface area contributed by atoms with Crippen LogP contribution in [0.25, 0.3) is 21.6 Å². The van der Waals surface area contributed by atoms with E-state index in [0.29, 0.717) is 64.9 Å². The molecule has 3 aromatic carbocycles. The maximum absolute atomic E-state index is 14.0. The third-order valence-corrected chi connectivity index (χ3v) is 15.8. The van der Waals surface area contributed by atoms with Gasteiger partial charge in [0.2, 0.25) is 17.7 Å². The minimum Gasteiger partial charge on any atom is -0.391 e. The smallest absolute Gasteiger partial charge is 0.322 e. The number of aromatic nitrogens is 4. The molecule has 1 aliphatic carbocycles. The van der Waals surface area contributed by atoms with E-state index in [-0.39, 0.29) is 63.4 Å². The van der Waals surface area contributed by atoms with Gasteiger partial charge in [-0.25, -0.2) is 14.8 Å². The third kappa shape index (κ3) is 19.2. The summed E-state index contributed by atoms with van der Waals surface area (Å²) in [5, 5.41) is 36.6. The Balaban J connectivity index is 0.657. The van der Waals surface area contributed by atoms with Crippen LogP contribution in [0.2, 0.25) is 0 Å². The van der Waals surface area contributed by atoms with E-state index in [1.807, 2.05) is 140 Å². The van der Waals surface area contributed by atoms with Gasteiger partial charge in [0, 0.05) is 61.8 Å². The van der Waals surface area contributed by atoms with Crippen LogP contribution >= 0.6 is 11.3 Å². The highest BCUT2D eigenvalue weighted by Gasteiger charge is 2.44. The lowest BCUT2D eigenvalue weighted by Crippen LogP contribution is -2.58. The molecule has 85 heavy (non-hydrogen) atoms. The summed E-state index contributed by atoms with van der Waals surface area (Å²) in [5.74, 6) is -0.571. The summed E-state index contributed by atoms with van der Waals surface area (Å²) in [4.78, 5) is 67.4. The van der Waals surface area contributed by atoms with Crippen LogP contribution in [0.3, 0.4) is 0 Å². The molecule has 3 aromatic heterocycles. The lowest BCUT2D eigenvalue weighted by atomic mass is 9.85. The number of carbonyl (C=O) groups excluding carboxylic acids is 4. The largest absolute Gasteiger partial charge is 0.391 e. The number of likely N-dealkylation sites (tertiary alicyclic amines) is 1. The minimum absolute atomic E-state index is 0.00807. The van der Waals surface area contributed by atoms with Crippen molar-refractivity contribution >= 4 is 46.6 Å². The zero-order chi connectivity index (χ0) is 60.0. The molecule has 0 unspecified atom stereocenters. The van der Waals surface area contributed by atoms with Crippen molar-refractivity contribution in [1.29, 1.82) is 5.26 Å². The fourth-order valence-electron chi connectivity index (χ4n) is 10.2. The predicted molar refractivity (Wildman–Crippen MR) is 323 cm³/mol. The number of hydrogen-bond acceptors (Lipinski definition) is 16. The van der Waals surface area contributed by atoms with Crippen molar-refractivity contribution < 1.29 is 48.0 Å². The van der Waals surface area contributed by atoms with Crippen molar-refractivity contribution in [3.63, 3.8) is 0 Å². The second-order valence-corrected chi connectivity index (χ2v) is 23.0. The second-order valence-electron chi connectivity index (χ2n) is 22.2. The van der Waals surface area contributed by atoms with E-state index in [1.165, 1.54) is 4.90 Å². The fraction of sp³-hybridized carbons (Fsp3) is 0.460. The number of β-amino-alcohol motifs (C(OH)–C–C–N with tert-alkyl or cyclic N) is 1. The SMILES string of the molecule is Cc1ncsc1-c1ccc(CNC(=O)[C@@H]2C[C@@H](O)CN2C(=O)[C@@H](NC(=O)COCCOCCOCCOCCOCCn2cc(-c3ccc(N(C(=O)NCc4ccccc4)[C@H]4CC[C@H](Nc5ccc(C#N)cn5)CC4)cc3)cn2)C(C)(C)C)cc1. The minimum atomic E-state index is -0.973. The van der Waals surface area contributed by atoms with Crippen LogP contribution in [-0.4, -0.2) is 156 Å². The molecular weight excluding hydrogens is 1100 g/mol. The number of anilines is 2. The third-order valence-electron chi connectivity index (χ3n) is 14.8. The van der Waals surface area contributed by atoms with Crippen molar-refractivity contribution in [3.8, 4) is 27.6 Å². The molecule has 2 fully saturated rings. The molecule has 22 heteroatoms. The molecule has 6 aromatic rings. The highest BCUT2D eigenvalue weighted by molar-refractivity contribution is 7.13. The number of aliphatic hydroxyl groups excluding tert-OH is 1. The zero-order valence-corrected chi connectivity index (χ0v) is 49.8. The topological polar surface area (TPSA) is 257 Å². The van der Waals surface area contributed by atoms with Gasteiger partial charge in [-0.1, -0.05) is 87.5 Å². The van der Waals surface area contributed by atoms with Gasteiger partial charge >= 0.3 is 6.03 Å². The molecule has 2 aliphatic rings. The summed E-state index contributed by atoms with van der Waals surface area (Å²) >= 11 is 1.57. The Hall–Kier alpha value is -7.62. The summed E-state index contributed by atoms with van der Waals surface area (Å²) in [6.45, 7) is 11.5. The molecule has 8 rings (SSSR count). The molecule has 4 heterocycles. The van der Waals surface area contributed by atoms with Crippen molar-refractivity contribution in [1.82, 2.24) is 40.6 Å². The molecule has 452 valence electrons. The Morgan fingerprint density at radius 2 is 1.39 bits per heavy atom.